The number of thiol groups is 1. The fraction of sp³-hybridized carbons (Fsp3) is 0.464. The summed E-state index contributed by atoms with van der Waals surface area (Å²) in [5.41, 5.74) is 9.93. The lowest BCUT2D eigenvalue weighted by atomic mass is 9.79. The van der Waals surface area contributed by atoms with Crippen molar-refractivity contribution in [2.45, 2.75) is 74.8 Å². The Labute approximate surface area is 267 Å². The fourth-order valence-electron chi connectivity index (χ4n) is 4.45. The molecule has 46 heavy (non-hydrogen) atoms. The second-order valence-electron chi connectivity index (χ2n) is 10.9. The summed E-state index contributed by atoms with van der Waals surface area (Å²) in [6.07, 6.45) is -6.92. The second-order valence-corrected chi connectivity index (χ2v) is 11.6. The Morgan fingerprint density at radius 3 is 2.11 bits per heavy atom. The summed E-state index contributed by atoms with van der Waals surface area (Å²) in [4.78, 5) is 36.3. The smallest absolute Gasteiger partial charge is 0.423 e. The minimum absolute atomic E-state index is 0.00768. The molecular formula is C28H36BF6N5O5S. The van der Waals surface area contributed by atoms with Crippen LogP contribution in [0.25, 0.3) is 0 Å². The van der Waals surface area contributed by atoms with E-state index >= 15 is 0 Å². The van der Waals surface area contributed by atoms with Crippen molar-refractivity contribution in [3.8, 4) is 0 Å². The summed E-state index contributed by atoms with van der Waals surface area (Å²) >= 11 is 4.41. The normalized spacial score (nSPS) is 18.8. The molecule has 254 valence electrons. The van der Waals surface area contributed by atoms with Crippen molar-refractivity contribution in [3.63, 3.8) is 0 Å². The summed E-state index contributed by atoms with van der Waals surface area (Å²) in [6.45, 7) is 1.15. The highest BCUT2D eigenvalue weighted by Crippen LogP contribution is 2.30. The van der Waals surface area contributed by atoms with Crippen molar-refractivity contribution in [1.29, 1.82) is 0 Å². The first kappa shape index (κ1) is 38.9. The van der Waals surface area contributed by atoms with Crippen LogP contribution < -0.4 is 32.9 Å². The van der Waals surface area contributed by atoms with Gasteiger partial charge in [-0.3, -0.25) is 14.4 Å². The number of halogens is 6. The van der Waals surface area contributed by atoms with Crippen LogP contribution in [0.5, 0.6) is 0 Å². The number of benzene rings is 2. The molecule has 0 bridgehead atoms. The maximum absolute atomic E-state index is 13.0. The van der Waals surface area contributed by atoms with Crippen LogP contribution in [0, 0.1) is 6.92 Å². The van der Waals surface area contributed by atoms with Gasteiger partial charge >= 0.3 is 19.5 Å². The molecule has 9 N–H and O–H groups in total. The minimum atomic E-state index is -4.78. The Bertz CT molecular complexity index is 1320. The zero-order valence-electron chi connectivity index (χ0n) is 24.7. The van der Waals surface area contributed by atoms with Crippen molar-refractivity contribution in [3.05, 3.63) is 59.2 Å². The van der Waals surface area contributed by atoms with E-state index in [4.69, 9.17) is 11.5 Å². The van der Waals surface area contributed by atoms with E-state index in [0.29, 0.717) is 25.0 Å². The van der Waals surface area contributed by atoms with Crippen molar-refractivity contribution in [1.82, 2.24) is 10.6 Å². The molecule has 1 saturated carbocycles. The number of rotatable bonds is 9. The SMILES string of the molecule is Cc1ccc(C(F)(F)F)cc1.NC1CC(S)CC(NC(=O)CCC(N)C(=O)NCC(=O)Nc2cc(B(O)O)cc(C(F)(F)F)c2)C1. The lowest BCUT2D eigenvalue weighted by Crippen LogP contribution is -2.46. The van der Waals surface area contributed by atoms with Gasteiger partial charge in [0, 0.05) is 29.4 Å². The molecule has 3 rings (SSSR count). The van der Waals surface area contributed by atoms with E-state index in [1.807, 2.05) is 0 Å². The Balaban J connectivity index is 0.000000562. The molecule has 1 aliphatic carbocycles. The van der Waals surface area contributed by atoms with Crippen LogP contribution >= 0.6 is 12.6 Å². The van der Waals surface area contributed by atoms with Gasteiger partial charge in [-0.25, -0.2) is 0 Å². The van der Waals surface area contributed by atoms with Gasteiger partial charge in [0.25, 0.3) is 0 Å². The van der Waals surface area contributed by atoms with E-state index in [9.17, 15) is 50.8 Å². The van der Waals surface area contributed by atoms with E-state index in [-0.39, 0.29) is 41.8 Å². The zero-order valence-corrected chi connectivity index (χ0v) is 25.6. The summed E-state index contributed by atoms with van der Waals surface area (Å²) in [7, 11) is -2.18. The third-order valence-corrected chi connectivity index (χ3v) is 7.19. The van der Waals surface area contributed by atoms with Gasteiger partial charge in [-0.2, -0.15) is 39.0 Å². The van der Waals surface area contributed by atoms with E-state index < -0.39 is 60.5 Å². The van der Waals surface area contributed by atoms with E-state index in [1.54, 1.807) is 6.92 Å². The van der Waals surface area contributed by atoms with E-state index in [0.717, 1.165) is 30.2 Å². The van der Waals surface area contributed by atoms with Gasteiger partial charge in [0.1, 0.15) is 0 Å². The molecule has 0 aliphatic heterocycles. The van der Waals surface area contributed by atoms with Gasteiger partial charge in [0.2, 0.25) is 17.7 Å². The third kappa shape index (κ3) is 13.6. The Morgan fingerprint density at radius 1 is 0.957 bits per heavy atom. The summed E-state index contributed by atoms with van der Waals surface area (Å²) in [5.74, 6) is -1.88. The number of nitrogens with two attached hydrogens (primary N) is 2. The van der Waals surface area contributed by atoms with Crippen LogP contribution in [-0.2, 0) is 26.7 Å². The number of alkyl halides is 6. The van der Waals surface area contributed by atoms with Crippen LogP contribution in [0.1, 0.15) is 48.8 Å². The highest BCUT2D eigenvalue weighted by molar-refractivity contribution is 7.80. The highest BCUT2D eigenvalue weighted by Gasteiger charge is 2.33. The molecule has 2 aromatic carbocycles. The molecular weight excluding hydrogens is 643 g/mol. The van der Waals surface area contributed by atoms with Crippen LogP contribution in [0.15, 0.2) is 42.5 Å². The molecule has 4 unspecified atom stereocenters. The molecule has 2 aromatic rings. The molecule has 0 heterocycles. The summed E-state index contributed by atoms with van der Waals surface area (Å²) in [6, 6.07) is 5.92. The number of nitrogens with one attached hydrogen (secondary N) is 3. The number of hydrogen-bond donors (Lipinski definition) is 8. The first-order valence-electron chi connectivity index (χ1n) is 14.0. The Morgan fingerprint density at radius 2 is 1.57 bits per heavy atom. The van der Waals surface area contributed by atoms with Crippen LogP contribution in [-0.4, -0.2) is 64.8 Å². The lowest BCUT2D eigenvalue weighted by Gasteiger charge is -2.31. The van der Waals surface area contributed by atoms with Gasteiger partial charge in [-0.05, 0) is 62.3 Å². The highest BCUT2D eigenvalue weighted by atomic mass is 32.1. The predicted octanol–water partition coefficient (Wildman–Crippen LogP) is 1.86. The maximum atomic E-state index is 13.0. The Hall–Kier alpha value is -3.32. The number of hydrogen-bond acceptors (Lipinski definition) is 8. The fourth-order valence-corrected chi connectivity index (χ4v) is 4.98. The molecule has 0 radical (unpaired) electrons. The van der Waals surface area contributed by atoms with E-state index in [2.05, 4.69) is 28.6 Å². The largest absolute Gasteiger partial charge is 0.488 e. The summed E-state index contributed by atoms with van der Waals surface area (Å²) in [5, 5.41) is 25.7. The third-order valence-electron chi connectivity index (χ3n) is 6.77. The molecule has 4 atom stereocenters. The number of carbonyl (C=O) groups excluding carboxylic acids is 3. The molecule has 1 aliphatic rings. The first-order chi connectivity index (χ1) is 21.2. The minimum Gasteiger partial charge on any atom is -0.423 e. The van der Waals surface area contributed by atoms with Gasteiger partial charge in [-0.15, -0.1) is 0 Å². The van der Waals surface area contributed by atoms with E-state index in [1.165, 1.54) is 12.1 Å². The average molecular weight is 679 g/mol. The van der Waals surface area contributed by atoms with Crippen molar-refractivity contribution >= 4 is 48.6 Å². The molecule has 3 amide bonds. The van der Waals surface area contributed by atoms with Gasteiger partial charge in [0.15, 0.2) is 0 Å². The standard InChI is InChI=1S/C20H29BF3N5O5S.C8H7F3/c22-20(23,24)10-3-11(21(33)34)5-13(4-10)29-18(31)9-27-19(32)16(26)1-2-17(30)28-14-6-12(25)7-15(35)8-14;1-6-2-4-7(5-3-6)8(9,10)11/h3-5,12,14-16,33-35H,1-2,6-9,25-26H2,(H,27,32)(H,28,30)(H,29,31);2-5H,1H3. The van der Waals surface area contributed by atoms with Gasteiger partial charge < -0.3 is 37.5 Å². The zero-order chi connectivity index (χ0) is 34.8. The first-order valence-corrected chi connectivity index (χ1v) is 14.5. The molecule has 1 fully saturated rings. The molecule has 0 saturated heterocycles. The second kappa shape index (κ2) is 17.0. The molecule has 10 nitrogen and oxygen atoms in total. The van der Waals surface area contributed by atoms with Crippen molar-refractivity contribution in [2.24, 2.45) is 11.5 Å². The van der Waals surface area contributed by atoms with Crippen LogP contribution in [0.4, 0.5) is 32.0 Å². The number of aryl methyl sites for hydroxylation is 1. The Kier molecular flexibility index (Phi) is 14.4. The average Bonchev–Trinajstić information content (AvgIpc) is 2.93. The number of carbonyl (C=O) groups is 3. The van der Waals surface area contributed by atoms with Crippen molar-refractivity contribution < 1.29 is 50.8 Å². The number of anilines is 1. The topological polar surface area (TPSA) is 180 Å². The lowest BCUT2D eigenvalue weighted by molar-refractivity contribution is -0.138. The summed E-state index contributed by atoms with van der Waals surface area (Å²) < 4.78 is 74.8. The van der Waals surface area contributed by atoms with Crippen molar-refractivity contribution in [2.75, 3.05) is 11.9 Å². The maximum Gasteiger partial charge on any atom is 0.488 e. The monoisotopic (exact) mass is 679 g/mol. The number of amides is 3. The van der Waals surface area contributed by atoms with Gasteiger partial charge in [0.05, 0.1) is 23.7 Å². The van der Waals surface area contributed by atoms with Gasteiger partial charge in [-0.1, -0.05) is 23.8 Å². The molecule has 0 spiro atoms. The predicted molar refractivity (Wildman–Crippen MR) is 163 cm³/mol. The quantitative estimate of drug-likeness (QED) is 0.113. The molecule has 18 heteroatoms. The van der Waals surface area contributed by atoms with Crippen LogP contribution in [0.2, 0.25) is 0 Å². The van der Waals surface area contributed by atoms with Crippen LogP contribution in [0.3, 0.4) is 0 Å². The molecule has 0 aromatic heterocycles.